The van der Waals surface area contributed by atoms with E-state index in [1.54, 1.807) is 0 Å². The zero-order valence-corrected chi connectivity index (χ0v) is 14.8. The first-order chi connectivity index (χ1) is 9.74. The van der Waals surface area contributed by atoms with Crippen molar-refractivity contribution in [2.45, 2.75) is 110 Å². The molecule has 0 aliphatic carbocycles. The minimum Gasteiger partial charge on any atom is -0.317 e. The molecule has 0 saturated carbocycles. The van der Waals surface area contributed by atoms with Crippen LogP contribution in [0.3, 0.4) is 0 Å². The summed E-state index contributed by atoms with van der Waals surface area (Å²) in [5.74, 6) is 0.956. The fourth-order valence-electron chi connectivity index (χ4n) is 3.06. The summed E-state index contributed by atoms with van der Waals surface area (Å²) in [5.41, 5.74) is 0. The van der Waals surface area contributed by atoms with Crippen LogP contribution in [0.15, 0.2) is 0 Å². The molecule has 0 aliphatic heterocycles. The molecular weight excluding hydrogens is 242 g/mol. The second kappa shape index (κ2) is 15.4. The van der Waals surface area contributed by atoms with Crippen LogP contribution < -0.4 is 5.32 Å². The highest BCUT2D eigenvalue weighted by Crippen LogP contribution is 2.22. The predicted molar refractivity (Wildman–Crippen MR) is 93.4 cm³/mol. The fourth-order valence-corrected chi connectivity index (χ4v) is 3.06. The van der Waals surface area contributed by atoms with E-state index in [0.29, 0.717) is 6.04 Å². The van der Waals surface area contributed by atoms with Gasteiger partial charge in [0, 0.05) is 6.04 Å². The molecule has 1 heteroatoms. The lowest BCUT2D eigenvalue weighted by atomic mass is 9.89. The van der Waals surface area contributed by atoms with E-state index in [1.807, 2.05) is 0 Å². The molecule has 0 spiro atoms. The van der Waals surface area contributed by atoms with Crippen LogP contribution in [0, 0.1) is 5.92 Å². The summed E-state index contributed by atoms with van der Waals surface area (Å²) in [6, 6.07) is 0.686. The van der Waals surface area contributed by atoms with Crippen LogP contribution in [0.1, 0.15) is 104 Å². The highest BCUT2D eigenvalue weighted by atomic mass is 14.8. The van der Waals surface area contributed by atoms with Gasteiger partial charge >= 0.3 is 0 Å². The smallest absolute Gasteiger partial charge is 0.00383 e. The molecule has 0 aromatic heterocycles. The van der Waals surface area contributed by atoms with E-state index < -0.39 is 0 Å². The second-order valence-electron chi connectivity index (χ2n) is 6.70. The van der Waals surface area contributed by atoms with Crippen molar-refractivity contribution >= 4 is 0 Å². The van der Waals surface area contributed by atoms with E-state index in [-0.39, 0.29) is 0 Å². The van der Waals surface area contributed by atoms with Gasteiger partial charge in [0.2, 0.25) is 0 Å². The molecule has 0 radical (unpaired) electrons. The highest BCUT2D eigenvalue weighted by Gasteiger charge is 2.11. The summed E-state index contributed by atoms with van der Waals surface area (Å²) in [5, 5.41) is 3.40. The molecule has 0 rings (SSSR count). The number of hydrogen-bond donors (Lipinski definition) is 1. The van der Waals surface area contributed by atoms with Gasteiger partial charge < -0.3 is 5.32 Å². The Kier molecular flexibility index (Phi) is 15.3. The van der Waals surface area contributed by atoms with Gasteiger partial charge in [-0.15, -0.1) is 0 Å². The summed E-state index contributed by atoms with van der Waals surface area (Å²) in [6.07, 6.45) is 18.6. The fraction of sp³-hybridized carbons (Fsp3) is 1.00. The van der Waals surface area contributed by atoms with Crippen molar-refractivity contribution in [2.75, 3.05) is 7.05 Å². The average molecular weight is 284 g/mol. The van der Waals surface area contributed by atoms with Crippen molar-refractivity contribution in [1.82, 2.24) is 5.32 Å². The van der Waals surface area contributed by atoms with Gasteiger partial charge in [-0.25, -0.2) is 0 Å². The molecule has 2 unspecified atom stereocenters. The molecule has 0 aliphatic rings. The highest BCUT2D eigenvalue weighted by molar-refractivity contribution is 4.67. The first-order valence-electron chi connectivity index (χ1n) is 9.41. The molecule has 0 fully saturated rings. The number of nitrogens with one attached hydrogen (secondary N) is 1. The lowest BCUT2D eigenvalue weighted by Crippen LogP contribution is -2.24. The van der Waals surface area contributed by atoms with Crippen LogP contribution in [0.25, 0.3) is 0 Å². The van der Waals surface area contributed by atoms with Gasteiger partial charge in [-0.2, -0.15) is 0 Å². The van der Waals surface area contributed by atoms with Crippen molar-refractivity contribution in [2.24, 2.45) is 5.92 Å². The van der Waals surface area contributed by atoms with Crippen LogP contribution >= 0.6 is 0 Å². The summed E-state index contributed by atoms with van der Waals surface area (Å²) < 4.78 is 0. The number of hydrogen-bond acceptors (Lipinski definition) is 1. The molecule has 0 amide bonds. The molecule has 1 N–H and O–H groups in total. The van der Waals surface area contributed by atoms with E-state index in [1.165, 1.54) is 83.5 Å². The predicted octanol–water partition coefficient (Wildman–Crippen LogP) is 6.32. The maximum atomic E-state index is 3.40. The first kappa shape index (κ1) is 20.0. The molecule has 0 aromatic carbocycles. The van der Waals surface area contributed by atoms with E-state index in [2.05, 4.69) is 33.1 Å². The Balaban J connectivity index is 3.57. The Morgan fingerprint density at radius 2 is 1.20 bits per heavy atom. The van der Waals surface area contributed by atoms with Gasteiger partial charge in [0.25, 0.3) is 0 Å². The molecule has 2 atom stereocenters. The largest absolute Gasteiger partial charge is 0.317 e. The maximum absolute atomic E-state index is 3.40. The quantitative estimate of drug-likeness (QED) is 0.347. The zero-order valence-electron chi connectivity index (χ0n) is 14.8. The monoisotopic (exact) mass is 283 g/mol. The molecule has 0 bridgehead atoms. The van der Waals surface area contributed by atoms with Gasteiger partial charge in [-0.3, -0.25) is 0 Å². The third-order valence-corrected chi connectivity index (χ3v) is 4.61. The average Bonchev–Trinajstić information content (AvgIpc) is 2.46. The van der Waals surface area contributed by atoms with Crippen molar-refractivity contribution in [1.29, 1.82) is 0 Å². The molecular formula is C19H41N. The standard InChI is InChI=1S/C19H41N/c1-5-7-9-10-11-12-13-14-16-19(15-8-6-2)17-18(3)20-4/h18-20H,5-17H2,1-4H3. The van der Waals surface area contributed by atoms with Crippen LogP contribution in [-0.4, -0.2) is 13.1 Å². The third-order valence-electron chi connectivity index (χ3n) is 4.61. The molecule has 0 saturated heterocycles. The van der Waals surface area contributed by atoms with Crippen molar-refractivity contribution < 1.29 is 0 Å². The van der Waals surface area contributed by atoms with Crippen molar-refractivity contribution in [3.8, 4) is 0 Å². The minimum absolute atomic E-state index is 0.686. The van der Waals surface area contributed by atoms with Gasteiger partial charge in [0.1, 0.15) is 0 Å². The SMILES string of the molecule is CCCCCCCCCCC(CCCC)CC(C)NC. The van der Waals surface area contributed by atoms with Crippen LogP contribution in [0.5, 0.6) is 0 Å². The van der Waals surface area contributed by atoms with Gasteiger partial charge in [-0.1, -0.05) is 90.9 Å². The summed E-state index contributed by atoms with van der Waals surface area (Å²) in [4.78, 5) is 0. The van der Waals surface area contributed by atoms with Crippen LogP contribution in [0.4, 0.5) is 0 Å². The normalized spacial score (nSPS) is 14.4. The maximum Gasteiger partial charge on any atom is 0.00383 e. The Bertz CT molecular complexity index is 179. The number of unbranched alkanes of at least 4 members (excludes halogenated alkanes) is 8. The third kappa shape index (κ3) is 13.0. The minimum atomic E-state index is 0.686. The lowest BCUT2D eigenvalue weighted by molar-refractivity contribution is 0.348. The Morgan fingerprint density at radius 1 is 0.700 bits per heavy atom. The summed E-state index contributed by atoms with van der Waals surface area (Å²) >= 11 is 0. The van der Waals surface area contributed by atoms with Gasteiger partial charge in [-0.05, 0) is 26.3 Å². The van der Waals surface area contributed by atoms with Gasteiger partial charge in [0.05, 0.1) is 0 Å². The van der Waals surface area contributed by atoms with E-state index in [9.17, 15) is 0 Å². The van der Waals surface area contributed by atoms with E-state index in [0.717, 1.165) is 5.92 Å². The lowest BCUT2D eigenvalue weighted by Gasteiger charge is -2.20. The summed E-state index contributed by atoms with van der Waals surface area (Å²) in [6.45, 7) is 6.93. The van der Waals surface area contributed by atoms with Crippen LogP contribution in [-0.2, 0) is 0 Å². The Labute approximate surface area is 129 Å². The van der Waals surface area contributed by atoms with E-state index >= 15 is 0 Å². The Hall–Kier alpha value is -0.0400. The van der Waals surface area contributed by atoms with Crippen LogP contribution in [0.2, 0.25) is 0 Å². The molecule has 1 nitrogen and oxygen atoms in total. The van der Waals surface area contributed by atoms with Crippen molar-refractivity contribution in [3.05, 3.63) is 0 Å². The van der Waals surface area contributed by atoms with E-state index in [4.69, 9.17) is 0 Å². The number of rotatable bonds is 15. The molecule has 20 heavy (non-hydrogen) atoms. The molecule has 122 valence electrons. The Morgan fingerprint density at radius 3 is 1.75 bits per heavy atom. The molecule has 0 aromatic rings. The second-order valence-corrected chi connectivity index (χ2v) is 6.70. The molecule has 0 heterocycles. The summed E-state index contributed by atoms with van der Waals surface area (Å²) in [7, 11) is 2.10. The topological polar surface area (TPSA) is 12.0 Å². The zero-order chi connectivity index (χ0) is 15.1. The van der Waals surface area contributed by atoms with Gasteiger partial charge in [0.15, 0.2) is 0 Å². The van der Waals surface area contributed by atoms with Crippen molar-refractivity contribution in [3.63, 3.8) is 0 Å². The first-order valence-corrected chi connectivity index (χ1v) is 9.41.